The molecule has 1 atom stereocenters. The summed E-state index contributed by atoms with van der Waals surface area (Å²) in [6.07, 6.45) is 4.09. The largest absolute Gasteiger partial charge is 0.357 e. The number of benzene rings is 1. The third-order valence-corrected chi connectivity index (χ3v) is 4.23. The van der Waals surface area contributed by atoms with Crippen molar-refractivity contribution in [1.29, 1.82) is 0 Å². The first kappa shape index (κ1) is 17.6. The second kappa shape index (κ2) is 8.19. The quantitative estimate of drug-likeness (QED) is 0.700. The zero-order valence-corrected chi connectivity index (χ0v) is 14.8. The van der Waals surface area contributed by atoms with Crippen molar-refractivity contribution in [1.82, 2.24) is 10.3 Å². The second-order valence-electron chi connectivity index (χ2n) is 4.90. The van der Waals surface area contributed by atoms with Crippen LogP contribution >= 0.6 is 23.2 Å². The van der Waals surface area contributed by atoms with E-state index in [2.05, 4.69) is 29.0 Å². The molecule has 0 saturated heterocycles. The van der Waals surface area contributed by atoms with Gasteiger partial charge in [-0.25, -0.2) is 0 Å². The Morgan fingerprint density at radius 3 is 2.52 bits per heavy atom. The van der Waals surface area contributed by atoms with E-state index in [1.807, 2.05) is 38.1 Å². The topological polar surface area (TPSA) is 24.9 Å². The van der Waals surface area contributed by atoms with E-state index in [-0.39, 0.29) is 5.38 Å². The number of nitrogens with one attached hydrogen (secondary N) is 1. The fourth-order valence-electron chi connectivity index (χ4n) is 2.43. The minimum Gasteiger partial charge on any atom is -0.357 e. The van der Waals surface area contributed by atoms with Crippen molar-refractivity contribution in [3.8, 4) is 0 Å². The number of aromatic nitrogens is 1. The Kier molecular flexibility index (Phi) is 6.26. The summed E-state index contributed by atoms with van der Waals surface area (Å²) in [6.45, 7) is 7.99. The second-order valence-corrected chi connectivity index (χ2v) is 5.83. The van der Waals surface area contributed by atoms with Crippen LogP contribution in [0, 0.1) is 0 Å². The number of allylic oxidation sites excluding steroid dienone is 2. The van der Waals surface area contributed by atoms with Gasteiger partial charge in [0.1, 0.15) is 0 Å². The first-order valence-electron chi connectivity index (χ1n) is 7.65. The molecule has 120 valence electrons. The molecule has 0 aliphatic carbocycles. The molecule has 2 nitrogen and oxygen atoms in total. The lowest BCUT2D eigenvalue weighted by atomic mass is 9.92. The summed E-state index contributed by atoms with van der Waals surface area (Å²) in [7, 11) is 0. The van der Waals surface area contributed by atoms with Gasteiger partial charge in [-0.15, -0.1) is 11.6 Å². The predicted molar refractivity (Wildman–Crippen MR) is 100 cm³/mol. The number of hydrogen-bond donors (Lipinski definition) is 1. The van der Waals surface area contributed by atoms with Crippen LogP contribution < -0.4 is 5.32 Å². The lowest BCUT2D eigenvalue weighted by Crippen LogP contribution is -2.25. The van der Waals surface area contributed by atoms with Crippen LogP contribution in [0.3, 0.4) is 0 Å². The molecule has 0 saturated carbocycles. The zero-order chi connectivity index (χ0) is 16.8. The van der Waals surface area contributed by atoms with Gasteiger partial charge in [-0.2, -0.15) is 0 Å². The highest BCUT2D eigenvalue weighted by Crippen LogP contribution is 2.37. The van der Waals surface area contributed by atoms with Gasteiger partial charge in [0.25, 0.3) is 0 Å². The van der Waals surface area contributed by atoms with Crippen molar-refractivity contribution in [2.24, 2.45) is 0 Å². The standard InChI is InChI=1S/C17H14Cl2N2.C2H6/c1-11-15(18)9-14(12-5-3-2-4-6-12)17(21-11)13-7-8-20-10-16(13)19;1-2/h2-8,10,15,21H,1,9H2;1-2H3. The molecule has 1 aliphatic rings. The van der Waals surface area contributed by atoms with E-state index in [9.17, 15) is 0 Å². The Bertz CT molecular complexity index is 708. The molecule has 3 rings (SSSR count). The first-order valence-corrected chi connectivity index (χ1v) is 8.46. The van der Waals surface area contributed by atoms with Gasteiger partial charge in [-0.05, 0) is 23.6 Å². The highest BCUT2D eigenvalue weighted by atomic mass is 35.5. The van der Waals surface area contributed by atoms with Gasteiger partial charge in [-0.1, -0.05) is 62.4 Å². The van der Waals surface area contributed by atoms with Gasteiger partial charge >= 0.3 is 0 Å². The van der Waals surface area contributed by atoms with Gasteiger partial charge < -0.3 is 5.32 Å². The fourth-order valence-corrected chi connectivity index (χ4v) is 2.85. The van der Waals surface area contributed by atoms with Gasteiger partial charge in [-0.3, -0.25) is 4.98 Å². The molecule has 0 fully saturated rings. The Morgan fingerprint density at radius 2 is 1.87 bits per heavy atom. The molecule has 0 bridgehead atoms. The zero-order valence-electron chi connectivity index (χ0n) is 13.3. The first-order chi connectivity index (χ1) is 11.2. The van der Waals surface area contributed by atoms with E-state index in [0.717, 1.165) is 28.1 Å². The van der Waals surface area contributed by atoms with Crippen LogP contribution in [0.25, 0.3) is 11.3 Å². The van der Waals surface area contributed by atoms with Crippen LogP contribution in [0.1, 0.15) is 31.4 Å². The number of alkyl halides is 1. The van der Waals surface area contributed by atoms with Crippen molar-refractivity contribution in [3.63, 3.8) is 0 Å². The molecule has 1 aliphatic heterocycles. The van der Waals surface area contributed by atoms with E-state index in [0.29, 0.717) is 11.4 Å². The Balaban J connectivity index is 0.000000924. The summed E-state index contributed by atoms with van der Waals surface area (Å²) in [4.78, 5) is 4.04. The molecule has 1 aromatic heterocycles. The van der Waals surface area contributed by atoms with Crippen LogP contribution in [0.5, 0.6) is 0 Å². The van der Waals surface area contributed by atoms with Gasteiger partial charge in [0.15, 0.2) is 0 Å². The molecule has 4 heteroatoms. The normalized spacial score (nSPS) is 17.2. The summed E-state index contributed by atoms with van der Waals surface area (Å²) in [5.74, 6) is 0. The van der Waals surface area contributed by atoms with E-state index in [1.165, 1.54) is 0 Å². The van der Waals surface area contributed by atoms with Crippen LogP contribution in [-0.4, -0.2) is 10.4 Å². The van der Waals surface area contributed by atoms with E-state index in [1.54, 1.807) is 12.4 Å². The maximum Gasteiger partial charge on any atom is 0.0770 e. The Labute approximate surface area is 147 Å². The van der Waals surface area contributed by atoms with Crippen molar-refractivity contribution in [2.45, 2.75) is 25.6 Å². The summed E-state index contributed by atoms with van der Waals surface area (Å²) < 4.78 is 0. The van der Waals surface area contributed by atoms with Crippen LogP contribution in [0.2, 0.25) is 5.02 Å². The molecule has 1 N–H and O–H groups in total. The highest BCUT2D eigenvalue weighted by Gasteiger charge is 2.25. The van der Waals surface area contributed by atoms with Crippen molar-refractivity contribution in [3.05, 3.63) is 77.2 Å². The van der Waals surface area contributed by atoms with Crippen molar-refractivity contribution in [2.75, 3.05) is 0 Å². The average Bonchev–Trinajstić information content (AvgIpc) is 2.60. The number of halogens is 2. The minimum atomic E-state index is -0.135. The lowest BCUT2D eigenvalue weighted by Gasteiger charge is -2.28. The summed E-state index contributed by atoms with van der Waals surface area (Å²) in [6, 6.07) is 12.1. The molecule has 0 spiro atoms. The fraction of sp³-hybridized carbons (Fsp3) is 0.211. The van der Waals surface area contributed by atoms with Gasteiger partial charge in [0.2, 0.25) is 0 Å². The van der Waals surface area contributed by atoms with E-state index >= 15 is 0 Å². The van der Waals surface area contributed by atoms with Gasteiger partial charge in [0, 0.05) is 23.7 Å². The molecule has 1 aromatic carbocycles. The van der Waals surface area contributed by atoms with Gasteiger partial charge in [0.05, 0.1) is 16.1 Å². The molecule has 1 unspecified atom stereocenters. The monoisotopic (exact) mass is 346 g/mol. The van der Waals surface area contributed by atoms with Crippen molar-refractivity contribution >= 4 is 34.5 Å². The number of nitrogens with zero attached hydrogens (tertiary/aromatic N) is 1. The van der Waals surface area contributed by atoms with E-state index in [4.69, 9.17) is 23.2 Å². The molecular weight excluding hydrogens is 327 g/mol. The Morgan fingerprint density at radius 1 is 1.17 bits per heavy atom. The lowest BCUT2D eigenvalue weighted by molar-refractivity contribution is 0.881. The Hall–Kier alpha value is -1.77. The van der Waals surface area contributed by atoms with E-state index < -0.39 is 0 Å². The van der Waals surface area contributed by atoms with Crippen LogP contribution in [0.15, 0.2) is 61.1 Å². The minimum absolute atomic E-state index is 0.135. The molecule has 2 heterocycles. The predicted octanol–water partition coefficient (Wildman–Crippen LogP) is 5.74. The summed E-state index contributed by atoms with van der Waals surface area (Å²) in [5.41, 5.74) is 4.92. The number of pyridine rings is 1. The maximum atomic E-state index is 6.36. The third kappa shape index (κ3) is 3.95. The smallest absolute Gasteiger partial charge is 0.0770 e. The number of hydrogen-bond acceptors (Lipinski definition) is 2. The summed E-state index contributed by atoms with van der Waals surface area (Å²) >= 11 is 12.7. The SMILES string of the molecule is C=C1NC(c2ccncc2Cl)=C(c2ccccc2)CC1Cl.CC. The molecule has 0 radical (unpaired) electrons. The van der Waals surface area contributed by atoms with Crippen LogP contribution in [0.4, 0.5) is 0 Å². The summed E-state index contributed by atoms with van der Waals surface area (Å²) in [5, 5.41) is 3.78. The maximum absolute atomic E-state index is 6.36. The third-order valence-electron chi connectivity index (χ3n) is 3.51. The molecule has 0 amide bonds. The molecule has 2 aromatic rings. The number of rotatable bonds is 2. The average molecular weight is 347 g/mol. The highest BCUT2D eigenvalue weighted by molar-refractivity contribution is 6.32. The molecule has 23 heavy (non-hydrogen) atoms. The van der Waals surface area contributed by atoms with Crippen molar-refractivity contribution < 1.29 is 0 Å². The molecular formula is C19H20Cl2N2. The van der Waals surface area contributed by atoms with Crippen LogP contribution in [-0.2, 0) is 0 Å².